The van der Waals surface area contributed by atoms with Crippen LogP contribution in [-0.2, 0) is 19.1 Å². The number of carbonyl (C=O) groups excluding carboxylic acids is 2. The van der Waals surface area contributed by atoms with Gasteiger partial charge in [0, 0.05) is 26.2 Å². The molecule has 2 aliphatic heterocycles. The molecule has 0 atom stereocenters. The van der Waals surface area contributed by atoms with Crippen LogP contribution in [0.2, 0.25) is 0 Å². The van der Waals surface area contributed by atoms with Gasteiger partial charge in [0.15, 0.2) is 12.2 Å². The second-order valence-corrected chi connectivity index (χ2v) is 4.40. The molecule has 0 aromatic heterocycles. The number of hydrogen-bond donors (Lipinski definition) is 0. The molecule has 1 saturated heterocycles. The summed E-state index contributed by atoms with van der Waals surface area (Å²) in [6.45, 7) is 5.19. The van der Waals surface area contributed by atoms with Gasteiger partial charge in [-0.3, -0.25) is 4.79 Å². The summed E-state index contributed by atoms with van der Waals surface area (Å²) < 4.78 is 10.3. The first kappa shape index (κ1) is 12.9. The van der Waals surface area contributed by atoms with Gasteiger partial charge in [-0.2, -0.15) is 0 Å². The van der Waals surface area contributed by atoms with Gasteiger partial charge in [0.05, 0.1) is 6.61 Å². The van der Waals surface area contributed by atoms with Gasteiger partial charge in [-0.25, -0.2) is 4.79 Å². The molecule has 2 rings (SSSR count). The van der Waals surface area contributed by atoms with Gasteiger partial charge in [-0.1, -0.05) is 0 Å². The summed E-state index contributed by atoms with van der Waals surface area (Å²) in [5.74, 6) is -0.470. The molecule has 0 bridgehead atoms. The van der Waals surface area contributed by atoms with Crippen molar-refractivity contribution in [3.05, 3.63) is 11.5 Å². The first-order valence-corrected chi connectivity index (χ1v) is 6.14. The van der Waals surface area contributed by atoms with Crippen LogP contribution in [-0.4, -0.2) is 68.0 Å². The molecular weight excluding hydrogens is 236 g/mol. The maximum Gasteiger partial charge on any atom is 0.347 e. The number of esters is 1. The van der Waals surface area contributed by atoms with E-state index in [-0.39, 0.29) is 24.6 Å². The number of nitrogens with zero attached hydrogens (tertiary/aromatic N) is 2. The lowest BCUT2D eigenvalue weighted by molar-refractivity contribution is -0.139. The van der Waals surface area contributed by atoms with E-state index in [2.05, 4.69) is 4.90 Å². The van der Waals surface area contributed by atoms with E-state index < -0.39 is 5.97 Å². The summed E-state index contributed by atoms with van der Waals surface area (Å²) in [6.07, 6.45) is 0. The molecule has 0 radical (unpaired) electrons. The monoisotopic (exact) mass is 254 g/mol. The zero-order chi connectivity index (χ0) is 13.1. The molecule has 0 aliphatic carbocycles. The van der Waals surface area contributed by atoms with Crippen LogP contribution in [0, 0.1) is 0 Å². The lowest BCUT2D eigenvalue weighted by Crippen LogP contribution is -2.44. The average molecular weight is 254 g/mol. The molecule has 0 amide bonds. The van der Waals surface area contributed by atoms with Crippen molar-refractivity contribution in [2.75, 3.05) is 46.4 Å². The summed E-state index contributed by atoms with van der Waals surface area (Å²) in [5, 5.41) is 0. The Labute approximate surface area is 106 Å². The quantitative estimate of drug-likeness (QED) is 0.505. The lowest BCUT2D eigenvalue weighted by atomic mass is 10.2. The number of carbonyl (C=O) groups is 2. The first-order valence-electron chi connectivity index (χ1n) is 6.14. The lowest BCUT2D eigenvalue weighted by Gasteiger charge is -2.33. The Morgan fingerprint density at radius 1 is 1.33 bits per heavy atom. The minimum Gasteiger partial charge on any atom is -0.470 e. The van der Waals surface area contributed by atoms with Crippen LogP contribution in [0.1, 0.15) is 6.92 Å². The zero-order valence-corrected chi connectivity index (χ0v) is 10.8. The fourth-order valence-corrected chi connectivity index (χ4v) is 2.06. The van der Waals surface area contributed by atoms with Crippen molar-refractivity contribution in [3.8, 4) is 0 Å². The highest BCUT2D eigenvalue weighted by Gasteiger charge is 2.35. The van der Waals surface area contributed by atoms with E-state index in [1.807, 2.05) is 11.9 Å². The largest absolute Gasteiger partial charge is 0.470 e. The Balaban J connectivity index is 2.17. The minimum absolute atomic E-state index is 0.0597. The van der Waals surface area contributed by atoms with Gasteiger partial charge in [-0.05, 0) is 14.0 Å². The van der Waals surface area contributed by atoms with Gasteiger partial charge in [-0.15, -0.1) is 0 Å². The molecule has 18 heavy (non-hydrogen) atoms. The second kappa shape index (κ2) is 5.39. The zero-order valence-electron chi connectivity index (χ0n) is 10.8. The average Bonchev–Trinajstić information content (AvgIpc) is 2.72. The van der Waals surface area contributed by atoms with E-state index in [0.29, 0.717) is 5.88 Å². The fraction of sp³-hybridized carbons (Fsp3) is 0.667. The van der Waals surface area contributed by atoms with E-state index in [9.17, 15) is 9.59 Å². The third-order valence-electron chi connectivity index (χ3n) is 3.10. The standard InChI is InChI=1S/C12H18N2O4/c1-3-17-12(16)10-9(15)8-18-11(10)14-6-4-13(2)5-7-14/h3-8H2,1-2H3. The van der Waals surface area contributed by atoms with Gasteiger partial charge in [0.25, 0.3) is 0 Å². The number of ether oxygens (including phenoxy) is 2. The summed E-state index contributed by atoms with van der Waals surface area (Å²) in [7, 11) is 2.04. The number of likely N-dealkylation sites (N-methyl/N-ethyl adjacent to an activating group) is 1. The highest BCUT2D eigenvalue weighted by atomic mass is 16.5. The van der Waals surface area contributed by atoms with Crippen molar-refractivity contribution in [2.24, 2.45) is 0 Å². The van der Waals surface area contributed by atoms with Crippen LogP contribution in [0.25, 0.3) is 0 Å². The molecule has 0 saturated carbocycles. The molecule has 0 N–H and O–H groups in total. The van der Waals surface area contributed by atoms with E-state index >= 15 is 0 Å². The molecule has 0 spiro atoms. The Morgan fingerprint density at radius 3 is 2.61 bits per heavy atom. The van der Waals surface area contributed by atoms with Crippen molar-refractivity contribution in [1.29, 1.82) is 0 Å². The van der Waals surface area contributed by atoms with Crippen molar-refractivity contribution < 1.29 is 19.1 Å². The molecular formula is C12H18N2O4. The molecule has 6 nitrogen and oxygen atoms in total. The number of rotatable bonds is 3. The Bertz CT molecular complexity index is 384. The molecule has 0 unspecified atom stereocenters. The summed E-state index contributed by atoms with van der Waals surface area (Å²) in [6, 6.07) is 0. The smallest absolute Gasteiger partial charge is 0.347 e. The third kappa shape index (κ3) is 2.48. The van der Waals surface area contributed by atoms with Crippen LogP contribution in [0.5, 0.6) is 0 Å². The van der Waals surface area contributed by atoms with Gasteiger partial charge >= 0.3 is 5.97 Å². The SMILES string of the molecule is CCOC(=O)C1=C(N2CCN(C)CC2)OCC1=O. The normalized spacial score (nSPS) is 21.2. The number of Topliss-reactive ketones (excluding diaryl/α,β-unsaturated/α-hetero) is 1. The number of hydrogen-bond acceptors (Lipinski definition) is 6. The highest BCUT2D eigenvalue weighted by molar-refractivity contribution is 6.19. The van der Waals surface area contributed by atoms with Gasteiger partial charge < -0.3 is 19.3 Å². The molecule has 1 fully saturated rings. The van der Waals surface area contributed by atoms with Crippen molar-refractivity contribution in [3.63, 3.8) is 0 Å². The van der Waals surface area contributed by atoms with Crippen LogP contribution >= 0.6 is 0 Å². The summed E-state index contributed by atoms with van der Waals surface area (Å²) in [5.41, 5.74) is 0.0707. The van der Waals surface area contributed by atoms with Crippen LogP contribution in [0.15, 0.2) is 11.5 Å². The molecule has 2 aliphatic rings. The minimum atomic E-state index is -0.575. The maximum absolute atomic E-state index is 11.8. The van der Waals surface area contributed by atoms with Crippen molar-refractivity contribution in [2.45, 2.75) is 6.92 Å². The Kier molecular flexibility index (Phi) is 3.86. The molecule has 100 valence electrons. The highest BCUT2D eigenvalue weighted by Crippen LogP contribution is 2.22. The third-order valence-corrected chi connectivity index (χ3v) is 3.10. The van der Waals surface area contributed by atoms with Gasteiger partial charge in [0.2, 0.25) is 11.7 Å². The fourth-order valence-electron chi connectivity index (χ4n) is 2.06. The summed E-state index contributed by atoms with van der Waals surface area (Å²) >= 11 is 0. The van der Waals surface area contributed by atoms with Gasteiger partial charge in [0.1, 0.15) is 0 Å². The molecule has 0 aromatic rings. The second-order valence-electron chi connectivity index (χ2n) is 4.40. The number of ketones is 1. The Hall–Kier alpha value is -1.56. The Morgan fingerprint density at radius 2 is 2.00 bits per heavy atom. The predicted octanol–water partition coefficient (Wildman–Crippen LogP) is -0.392. The maximum atomic E-state index is 11.8. The van der Waals surface area contributed by atoms with Crippen LogP contribution in [0.3, 0.4) is 0 Å². The topological polar surface area (TPSA) is 59.1 Å². The van der Waals surface area contributed by atoms with E-state index in [1.165, 1.54) is 0 Å². The van der Waals surface area contributed by atoms with E-state index in [4.69, 9.17) is 9.47 Å². The molecule has 6 heteroatoms. The van der Waals surface area contributed by atoms with Crippen LogP contribution < -0.4 is 0 Å². The van der Waals surface area contributed by atoms with E-state index in [1.54, 1.807) is 6.92 Å². The first-order chi connectivity index (χ1) is 8.63. The summed E-state index contributed by atoms with van der Waals surface area (Å²) in [4.78, 5) is 27.6. The predicted molar refractivity (Wildman–Crippen MR) is 63.7 cm³/mol. The van der Waals surface area contributed by atoms with Crippen LogP contribution in [0.4, 0.5) is 0 Å². The molecule has 0 aromatic carbocycles. The van der Waals surface area contributed by atoms with Crippen molar-refractivity contribution >= 4 is 11.8 Å². The van der Waals surface area contributed by atoms with E-state index in [0.717, 1.165) is 26.2 Å². The number of piperazine rings is 1. The molecule has 2 heterocycles. The van der Waals surface area contributed by atoms with Crippen molar-refractivity contribution in [1.82, 2.24) is 9.80 Å².